The topological polar surface area (TPSA) is 93.7 Å². The van der Waals surface area contributed by atoms with Crippen molar-refractivity contribution in [2.75, 3.05) is 39.7 Å². The van der Waals surface area contributed by atoms with Gasteiger partial charge in [-0.15, -0.1) is 12.4 Å². The Bertz CT molecular complexity index is 733. The van der Waals surface area contributed by atoms with E-state index in [1.54, 1.807) is 7.11 Å². The van der Waals surface area contributed by atoms with E-state index in [2.05, 4.69) is 10.6 Å². The van der Waals surface area contributed by atoms with E-state index in [1.165, 1.54) is 0 Å². The Morgan fingerprint density at radius 1 is 1.26 bits per heavy atom. The van der Waals surface area contributed by atoms with Crippen molar-refractivity contribution in [2.24, 2.45) is 0 Å². The summed E-state index contributed by atoms with van der Waals surface area (Å²) in [6.45, 7) is 4.06. The highest BCUT2D eigenvalue weighted by Crippen LogP contribution is 2.28. The molecule has 1 heterocycles. The molecule has 0 aromatic heterocycles. The minimum atomic E-state index is -3.53. The van der Waals surface area contributed by atoms with Gasteiger partial charge < -0.3 is 20.1 Å². The summed E-state index contributed by atoms with van der Waals surface area (Å²) in [4.78, 5) is 12.8. The first-order chi connectivity index (χ1) is 12.3. The van der Waals surface area contributed by atoms with Gasteiger partial charge in [-0.1, -0.05) is 12.1 Å². The van der Waals surface area contributed by atoms with E-state index in [-0.39, 0.29) is 31.8 Å². The van der Waals surface area contributed by atoms with Gasteiger partial charge in [-0.3, -0.25) is 4.79 Å². The number of piperidine rings is 1. The van der Waals surface area contributed by atoms with E-state index in [0.717, 1.165) is 17.4 Å². The molecule has 0 radical (unpaired) electrons. The Morgan fingerprint density at radius 2 is 1.93 bits per heavy atom. The van der Waals surface area contributed by atoms with Crippen LogP contribution in [0.5, 0.6) is 5.75 Å². The number of sulfone groups is 1. The summed E-state index contributed by atoms with van der Waals surface area (Å²) in [5.41, 5.74) is 1.84. The molecule has 0 aliphatic carbocycles. The van der Waals surface area contributed by atoms with Gasteiger partial charge in [0.05, 0.1) is 6.61 Å². The van der Waals surface area contributed by atoms with Crippen LogP contribution in [0.1, 0.15) is 24.0 Å². The summed E-state index contributed by atoms with van der Waals surface area (Å²) in [7, 11) is -1.92. The zero-order valence-electron chi connectivity index (χ0n) is 16.0. The second-order valence-electron chi connectivity index (χ2n) is 6.65. The maximum atomic E-state index is 12.8. The van der Waals surface area contributed by atoms with Gasteiger partial charge in [-0.05, 0) is 44.5 Å². The number of nitrogens with one attached hydrogen (secondary N) is 2. The zero-order chi connectivity index (χ0) is 19.2. The summed E-state index contributed by atoms with van der Waals surface area (Å²) in [6.07, 6.45) is 1.70. The van der Waals surface area contributed by atoms with Gasteiger partial charge in [-0.2, -0.15) is 0 Å². The SMILES string of the molecule is COCCOc1cc(C)ccc1CNC(=O)C1(S(C)(=O)=O)CCNCC1.Cl. The number of ether oxygens (including phenoxy) is 2. The molecule has 1 aromatic carbocycles. The first kappa shape index (κ1) is 23.7. The van der Waals surface area contributed by atoms with Crippen LogP contribution in [0.15, 0.2) is 18.2 Å². The fourth-order valence-electron chi connectivity index (χ4n) is 3.11. The Morgan fingerprint density at radius 3 is 2.52 bits per heavy atom. The quantitative estimate of drug-likeness (QED) is 0.614. The van der Waals surface area contributed by atoms with Crippen molar-refractivity contribution in [1.29, 1.82) is 0 Å². The average Bonchev–Trinajstić information content (AvgIpc) is 2.60. The van der Waals surface area contributed by atoms with Crippen LogP contribution in [0.4, 0.5) is 0 Å². The summed E-state index contributed by atoms with van der Waals surface area (Å²) in [5.74, 6) is 0.228. The Hall–Kier alpha value is -1.35. The third-order valence-corrected chi connectivity index (χ3v) is 6.76. The highest BCUT2D eigenvalue weighted by Gasteiger charge is 2.48. The summed E-state index contributed by atoms with van der Waals surface area (Å²) >= 11 is 0. The van der Waals surface area contributed by atoms with Crippen LogP contribution in [0.2, 0.25) is 0 Å². The second kappa shape index (κ2) is 10.3. The number of amides is 1. The lowest BCUT2D eigenvalue weighted by Gasteiger charge is -2.34. The molecule has 1 aromatic rings. The molecule has 9 heteroatoms. The van der Waals surface area contributed by atoms with Crippen LogP contribution in [-0.2, 0) is 25.9 Å². The van der Waals surface area contributed by atoms with Crippen molar-refractivity contribution >= 4 is 28.2 Å². The van der Waals surface area contributed by atoms with E-state index >= 15 is 0 Å². The minimum Gasteiger partial charge on any atom is -0.491 e. The first-order valence-electron chi connectivity index (χ1n) is 8.70. The molecule has 1 aliphatic rings. The van der Waals surface area contributed by atoms with Gasteiger partial charge in [0.15, 0.2) is 14.6 Å². The number of aryl methyl sites for hydroxylation is 1. The maximum absolute atomic E-state index is 12.8. The largest absolute Gasteiger partial charge is 0.491 e. The molecule has 2 N–H and O–H groups in total. The maximum Gasteiger partial charge on any atom is 0.241 e. The number of hydrogen-bond donors (Lipinski definition) is 2. The molecule has 0 saturated carbocycles. The molecule has 0 spiro atoms. The highest BCUT2D eigenvalue weighted by molar-refractivity contribution is 7.92. The van der Waals surface area contributed by atoms with Crippen LogP contribution in [0, 0.1) is 6.92 Å². The van der Waals surface area contributed by atoms with Crippen molar-refractivity contribution < 1.29 is 22.7 Å². The zero-order valence-corrected chi connectivity index (χ0v) is 17.7. The molecule has 1 aliphatic heterocycles. The summed E-state index contributed by atoms with van der Waals surface area (Å²) < 4.78 is 34.0. The van der Waals surface area contributed by atoms with Gasteiger partial charge in [0.1, 0.15) is 12.4 Å². The monoisotopic (exact) mass is 420 g/mol. The number of rotatable bonds is 8. The number of hydrogen-bond acceptors (Lipinski definition) is 6. The van der Waals surface area contributed by atoms with Crippen molar-refractivity contribution in [2.45, 2.75) is 31.1 Å². The van der Waals surface area contributed by atoms with Gasteiger partial charge in [0, 0.05) is 25.5 Å². The lowest BCUT2D eigenvalue weighted by Crippen LogP contribution is -2.57. The van der Waals surface area contributed by atoms with Crippen molar-refractivity contribution in [3.05, 3.63) is 29.3 Å². The third-order valence-electron chi connectivity index (χ3n) is 4.74. The van der Waals surface area contributed by atoms with E-state index in [9.17, 15) is 13.2 Å². The normalized spacial score (nSPS) is 16.3. The van der Waals surface area contributed by atoms with E-state index in [4.69, 9.17) is 9.47 Å². The van der Waals surface area contributed by atoms with Gasteiger partial charge >= 0.3 is 0 Å². The predicted molar refractivity (Wildman–Crippen MR) is 107 cm³/mol. The van der Waals surface area contributed by atoms with E-state index < -0.39 is 20.5 Å². The molecule has 2 rings (SSSR count). The average molecular weight is 421 g/mol. The van der Waals surface area contributed by atoms with Crippen LogP contribution in [0.25, 0.3) is 0 Å². The Labute approximate surface area is 167 Å². The minimum absolute atomic E-state index is 0. The molecular weight excluding hydrogens is 392 g/mol. The van der Waals surface area contributed by atoms with Crippen LogP contribution >= 0.6 is 12.4 Å². The fourth-order valence-corrected chi connectivity index (χ4v) is 4.47. The predicted octanol–water partition coefficient (Wildman–Crippen LogP) is 1.23. The number of methoxy groups -OCH3 is 1. The van der Waals surface area contributed by atoms with Gasteiger partial charge in [0.25, 0.3) is 0 Å². The Kier molecular flexibility index (Phi) is 9.01. The van der Waals surface area contributed by atoms with E-state index in [1.807, 2.05) is 25.1 Å². The molecular formula is C18H29ClN2O5S. The molecule has 27 heavy (non-hydrogen) atoms. The molecule has 0 unspecified atom stereocenters. The molecule has 1 amide bonds. The number of benzene rings is 1. The first-order valence-corrected chi connectivity index (χ1v) is 10.6. The molecule has 7 nitrogen and oxygen atoms in total. The highest BCUT2D eigenvalue weighted by atomic mass is 35.5. The lowest BCUT2D eigenvalue weighted by molar-refractivity contribution is -0.124. The number of carbonyl (C=O) groups excluding carboxylic acids is 1. The second-order valence-corrected chi connectivity index (χ2v) is 8.98. The summed E-state index contributed by atoms with van der Waals surface area (Å²) in [6, 6.07) is 5.71. The number of carbonyl (C=O) groups is 1. The molecule has 0 bridgehead atoms. The van der Waals surface area contributed by atoms with Crippen molar-refractivity contribution in [1.82, 2.24) is 10.6 Å². The van der Waals surface area contributed by atoms with Crippen LogP contribution in [0.3, 0.4) is 0 Å². The lowest BCUT2D eigenvalue weighted by atomic mass is 9.95. The molecule has 1 fully saturated rings. The van der Waals surface area contributed by atoms with Crippen molar-refractivity contribution in [3.8, 4) is 5.75 Å². The molecule has 154 valence electrons. The third kappa shape index (κ3) is 5.81. The van der Waals surface area contributed by atoms with Crippen LogP contribution in [-0.4, -0.2) is 58.7 Å². The van der Waals surface area contributed by atoms with Crippen molar-refractivity contribution in [3.63, 3.8) is 0 Å². The standard InChI is InChI=1S/C18H28N2O5S.ClH/c1-14-4-5-15(16(12-14)25-11-10-24-2)13-20-17(21)18(26(3,22)23)6-8-19-9-7-18;/h4-5,12,19H,6-11,13H2,1-3H3,(H,20,21);1H. The fraction of sp³-hybridized carbons (Fsp3) is 0.611. The van der Waals surface area contributed by atoms with Crippen LogP contribution < -0.4 is 15.4 Å². The Balaban J connectivity index is 0.00000364. The number of halogens is 1. The smallest absolute Gasteiger partial charge is 0.241 e. The van der Waals surface area contributed by atoms with Gasteiger partial charge in [-0.25, -0.2) is 8.42 Å². The summed E-state index contributed by atoms with van der Waals surface area (Å²) in [5, 5.41) is 5.92. The van der Waals surface area contributed by atoms with E-state index in [0.29, 0.717) is 32.1 Å². The molecule has 0 atom stereocenters. The molecule has 1 saturated heterocycles. The van der Waals surface area contributed by atoms with Gasteiger partial charge in [0.2, 0.25) is 5.91 Å².